The highest BCUT2D eigenvalue weighted by atomic mass is 16.4. The minimum Gasteiger partial charge on any atom is -0.481 e. The van der Waals surface area contributed by atoms with Gasteiger partial charge < -0.3 is 15.3 Å². The molecular weight excluding hydrogens is 246 g/mol. The predicted molar refractivity (Wildman–Crippen MR) is 69.4 cm³/mol. The van der Waals surface area contributed by atoms with Crippen molar-refractivity contribution in [1.29, 1.82) is 5.26 Å². The highest BCUT2D eigenvalue weighted by Gasteiger charge is 2.39. The SMILES string of the molecule is CC(CC#N)N(C)C(=O)NCC1(CC(=O)O)CCC1. The van der Waals surface area contributed by atoms with Gasteiger partial charge in [0.1, 0.15) is 0 Å². The predicted octanol–water partition coefficient (Wildman–Crippen LogP) is 1.57. The molecule has 106 valence electrons. The number of aliphatic carboxylic acids is 1. The highest BCUT2D eigenvalue weighted by molar-refractivity contribution is 5.74. The van der Waals surface area contributed by atoms with Gasteiger partial charge in [-0.1, -0.05) is 6.42 Å². The Morgan fingerprint density at radius 1 is 1.53 bits per heavy atom. The second-order valence-corrected chi connectivity index (χ2v) is 5.40. The van der Waals surface area contributed by atoms with Crippen LogP contribution in [0.4, 0.5) is 4.79 Å². The van der Waals surface area contributed by atoms with Crippen LogP contribution in [0.5, 0.6) is 0 Å². The van der Waals surface area contributed by atoms with Crippen molar-refractivity contribution in [3.8, 4) is 6.07 Å². The summed E-state index contributed by atoms with van der Waals surface area (Å²) in [5, 5.41) is 20.3. The van der Waals surface area contributed by atoms with Gasteiger partial charge >= 0.3 is 12.0 Å². The number of carboxylic acids is 1. The smallest absolute Gasteiger partial charge is 0.317 e. The van der Waals surface area contributed by atoms with Crippen LogP contribution in [-0.2, 0) is 4.79 Å². The normalized spacial score (nSPS) is 17.7. The third-order valence-corrected chi connectivity index (χ3v) is 3.92. The quantitative estimate of drug-likeness (QED) is 0.764. The standard InChI is InChI=1S/C13H21N3O3/c1-10(4-7-14)16(2)12(19)15-9-13(5-3-6-13)8-11(17)18/h10H,3-6,8-9H2,1-2H3,(H,15,19)(H,17,18). The zero-order valence-corrected chi connectivity index (χ0v) is 11.5. The molecule has 0 aromatic carbocycles. The van der Waals surface area contributed by atoms with Crippen LogP contribution < -0.4 is 5.32 Å². The van der Waals surface area contributed by atoms with Crippen LogP contribution in [0, 0.1) is 16.7 Å². The maximum absolute atomic E-state index is 11.9. The summed E-state index contributed by atoms with van der Waals surface area (Å²) < 4.78 is 0. The zero-order chi connectivity index (χ0) is 14.5. The molecule has 1 unspecified atom stereocenters. The molecule has 0 spiro atoms. The molecule has 6 heteroatoms. The first-order valence-corrected chi connectivity index (χ1v) is 6.49. The van der Waals surface area contributed by atoms with Gasteiger partial charge in [-0.25, -0.2) is 4.79 Å². The van der Waals surface area contributed by atoms with E-state index in [9.17, 15) is 9.59 Å². The van der Waals surface area contributed by atoms with Crippen LogP contribution in [-0.4, -0.2) is 41.6 Å². The molecule has 0 aromatic rings. The molecule has 2 amide bonds. The van der Waals surface area contributed by atoms with E-state index in [2.05, 4.69) is 5.32 Å². The van der Waals surface area contributed by atoms with Gasteiger partial charge in [0.15, 0.2) is 0 Å². The van der Waals surface area contributed by atoms with Crippen molar-refractivity contribution in [3.63, 3.8) is 0 Å². The monoisotopic (exact) mass is 267 g/mol. The Morgan fingerprint density at radius 2 is 2.16 bits per heavy atom. The number of nitriles is 1. The van der Waals surface area contributed by atoms with E-state index < -0.39 is 5.97 Å². The van der Waals surface area contributed by atoms with E-state index in [1.165, 1.54) is 4.90 Å². The van der Waals surface area contributed by atoms with Crippen molar-refractivity contribution in [3.05, 3.63) is 0 Å². The van der Waals surface area contributed by atoms with Gasteiger partial charge in [-0.05, 0) is 25.2 Å². The van der Waals surface area contributed by atoms with Crippen LogP contribution in [0.3, 0.4) is 0 Å². The number of urea groups is 1. The topological polar surface area (TPSA) is 93.4 Å². The minimum atomic E-state index is -0.819. The number of rotatable bonds is 6. The summed E-state index contributed by atoms with van der Waals surface area (Å²) in [5.74, 6) is -0.819. The summed E-state index contributed by atoms with van der Waals surface area (Å²) in [4.78, 5) is 24.2. The average molecular weight is 267 g/mol. The summed E-state index contributed by atoms with van der Waals surface area (Å²) in [6.07, 6.45) is 3.09. The van der Waals surface area contributed by atoms with Crippen LogP contribution in [0.15, 0.2) is 0 Å². The fraction of sp³-hybridized carbons (Fsp3) is 0.769. The lowest BCUT2D eigenvalue weighted by Crippen LogP contribution is -2.48. The molecule has 0 radical (unpaired) electrons. The third kappa shape index (κ3) is 4.12. The highest BCUT2D eigenvalue weighted by Crippen LogP contribution is 2.43. The molecule has 1 atom stereocenters. The zero-order valence-electron chi connectivity index (χ0n) is 11.5. The van der Waals surface area contributed by atoms with Crippen molar-refractivity contribution >= 4 is 12.0 Å². The fourth-order valence-electron chi connectivity index (χ4n) is 2.27. The maximum atomic E-state index is 11.9. The van der Waals surface area contributed by atoms with E-state index in [0.717, 1.165) is 19.3 Å². The third-order valence-electron chi connectivity index (χ3n) is 3.92. The van der Waals surface area contributed by atoms with E-state index in [1.807, 2.05) is 6.07 Å². The molecule has 19 heavy (non-hydrogen) atoms. The van der Waals surface area contributed by atoms with Crippen molar-refractivity contribution in [2.45, 2.75) is 45.1 Å². The van der Waals surface area contributed by atoms with Gasteiger partial charge in [-0.15, -0.1) is 0 Å². The van der Waals surface area contributed by atoms with Crippen LogP contribution in [0.25, 0.3) is 0 Å². The van der Waals surface area contributed by atoms with Crippen molar-refractivity contribution in [2.75, 3.05) is 13.6 Å². The first-order valence-electron chi connectivity index (χ1n) is 6.49. The Hall–Kier alpha value is -1.77. The number of carbonyl (C=O) groups excluding carboxylic acids is 1. The number of carbonyl (C=O) groups is 2. The number of nitrogens with one attached hydrogen (secondary N) is 1. The van der Waals surface area contributed by atoms with E-state index >= 15 is 0 Å². The second kappa shape index (κ2) is 6.41. The fourth-order valence-corrected chi connectivity index (χ4v) is 2.27. The Bertz CT molecular complexity index is 385. The molecule has 1 saturated carbocycles. The lowest BCUT2D eigenvalue weighted by molar-refractivity contribution is -0.141. The minimum absolute atomic E-state index is 0.102. The van der Waals surface area contributed by atoms with Gasteiger partial charge in [-0.2, -0.15) is 5.26 Å². The number of hydrogen-bond donors (Lipinski definition) is 2. The van der Waals surface area contributed by atoms with Gasteiger partial charge in [0, 0.05) is 19.6 Å². The van der Waals surface area contributed by atoms with Crippen LogP contribution in [0.2, 0.25) is 0 Å². The van der Waals surface area contributed by atoms with E-state index in [0.29, 0.717) is 6.54 Å². The molecule has 1 fully saturated rings. The summed E-state index contributed by atoms with van der Waals surface area (Å²) in [6, 6.07) is 1.62. The van der Waals surface area contributed by atoms with Crippen LogP contribution in [0.1, 0.15) is 39.0 Å². The van der Waals surface area contributed by atoms with Gasteiger partial charge in [-0.3, -0.25) is 4.79 Å². The molecule has 2 N–H and O–H groups in total. The Labute approximate surface area is 113 Å². The number of amides is 2. The molecule has 0 aromatic heterocycles. The summed E-state index contributed by atoms with van der Waals surface area (Å²) in [7, 11) is 1.64. The van der Waals surface area contributed by atoms with Gasteiger partial charge in [0.25, 0.3) is 0 Å². The first-order chi connectivity index (χ1) is 8.90. The lowest BCUT2D eigenvalue weighted by atomic mass is 9.66. The Morgan fingerprint density at radius 3 is 2.58 bits per heavy atom. The molecule has 1 rings (SSSR count). The van der Waals surface area contributed by atoms with Crippen LogP contribution >= 0.6 is 0 Å². The Kier molecular flexibility index (Phi) is 5.16. The van der Waals surface area contributed by atoms with Gasteiger partial charge in [0.05, 0.1) is 18.9 Å². The molecular formula is C13H21N3O3. The maximum Gasteiger partial charge on any atom is 0.317 e. The Balaban J connectivity index is 2.45. The largest absolute Gasteiger partial charge is 0.481 e. The second-order valence-electron chi connectivity index (χ2n) is 5.40. The lowest BCUT2D eigenvalue weighted by Gasteiger charge is -2.41. The molecule has 0 saturated heterocycles. The number of nitrogens with zero attached hydrogens (tertiary/aromatic N) is 2. The van der Waals surface area contributed by atoms with Crippen molar-refractivity contribution in [1.82, 2.24) is 10.2 Å². The number of carboxylic acid groups (broad SMARTS) is 1. The molecule has 1 aliphatic carbocycles. The summed E-state index contributed by atoms with van der Waals surface area (Å²) >= 11 is 0. The van der Waals surface area contributed by atoms with Crippen molar-refractivity contribution in [2.24, 2.45) is 5.41 Å². The molecule has 1 aliphatic rings. The summed E-state index contributed by atoms with van der Waals surface area (Å²) in [6.45, 7) is 2.20. The van der Waals surface area contributed by atoms with Gasteiger partial charge in [0.2, 0.25) is 0 Å². The van der Waals surface area contributed by atoms with Crippen molar-refractivity contribution < 1.29 is 14.7 Å². The first kappa shape index (κ1) is 15.3. The molecule has 6 nitrogen and oxygen atoms in total. The van der Waals surface area contributed by atoms with E-state index in [-0.39, 0.29) is 30.3 Å². The molecule has 0 aliphatic heterocycles. The average Bonchev–Trinajstić information content (AvgIpc) is 2.30. The number of hydrogen-bond acceptors (Lipinski definition) is 3. The summed E-state index contributed by atoms with van der Waals surface area (Å²) in [5.41, 5.74) is -0.277. The van der Waals surface area contributed by atoms with E-state index in [4.69, 9.17) is 10.4 Å². The molecule has 0 heterocycles. The van der Waals surface area contributed by atoms with E-state index in [1.54, 1.807) is 14.0 Å². The molecule has 0 bridgehead atoms.